The highest BCUT2D eigenvalue weighted by molar-refractivity contribution is 7.89. The van der Waals surface area contributed by atoms with E-state index in [-0.39, 0.29) is 12.6 Å². The summed E-state index contributed by atoms with van der Waals surface area (Å²) >= 11 is 1.33. The Kier molecular flexibility index (Phi) is 4.35. The van der Waals surface area contributed by atoms with Gasteiger partial charge in [0.25, 0.3) is 0 Å². The van der Waals surface area contributed by atoms with Gasteiger partial charge in [-0.05, 0) is 37.7 Å². The first-order valence-corrected chi connectivity index (χ1v) is 8.87. The second-order valence-corrected chi connectivity index (χ2v) is 8.46. The number of nitrogens with one attached hydrogen (secondary N) is 1. The second kappa shape index (κ2) is 5.52. The summed E-state index contributed by atoms with van der Waals surface area (Å²) < 4.78 is 27.6. The number of aliphatic hydroxyl groups is 1. The molecule has 0 bridgehead atoms. The molecule has 1 heterocycles. The van der Waals surface area contributed by atoms with Crippen molar-refractivity contribution in [1.29, 1.82) is 0 Å². The van der Waals surface area contributed by atoms with Crippen LogP contribution in [0.1, 0.15) is 36.4 Å². The third-order valence-electron chi connectivity index (χ3n) is 4.14. The number of hydrogen-bond donors (Lipinski definition) is 2. The molecule has 1 aliphatic rings. The fourth-order valence-electron chi connectivity index (χ4n) is 2.66. The van der Waals surface area contributed by atoms with Gasteiger partial charge in [0.15, 0.2) is 0 Å². The maximum absolute atomic E-state index is 12.4. The van der Waals surface area contributed by atoms with E-state index >= 15 is 0 Å². The minimum Gasteiger partial charge on any atom is -0.391 e. The predicted molar refractivity (Wildman–Crippen MR) is 76.7 cm³/mol. The van der Waals surface area contributed by atoms with Gasteiger partial charge >= 0.3 is 0 Å². The molecule has 1 aliphatic carbocycles. The normalized spacial score (nSPS) is 27.9. The lowest BCUT2D eigenvalue weighted by molar-refractivity contribution is 0.285. The molecule has 1 aromatic heterocycles. The summed E-state index contributed by atoms with van der Waals surface area (Å²) in [4.78, 5) is 1.73. The van der Waals surface area contributed by atoms with Gasteiger partial charge in [-0.25, -0.2) is 13.1 Å². The van der Waals surface area contributed by atoms with Crippen LogP contribution in [0.4, 0.5) is 0 Å². The van der Waals surface area contributed by atoms with E-state index in [1.54, 1.807) is 13.0 Å². The summed E-state index contributed by atoms with van der Waals surface area (Å²) in [7, 11) is -3.47. The molecule has 1 saturated carbocycles. The lowest BCUT2D eigenvalue weighted by Crippen LogP contribution is -2.37. The lowest BCUT2D eigenvalue weighted by atomic mass is 9.98. The van der Waals surface area contributed by atoms with Crippen LogP contribution in [0.2, 0.25) is 0 Å². The molecule has 0 spiro atoms. The molecule has 0 aliphatic heterocycles. The van der Waals surface area contributed by atoms with Crippen LogP contribution in [0.15, 0.2) is 11.0 Å². The van der Waals surface area contributed by atoms with Crippen LogP contribution in [0.25, 0.3) is 0 Å². The average Bonchev–Trinajstić information content (AvgIpc) is 2.87. The fraction of sp³-hybridized carbons (Fsp3) is 0.692. The summed E-state index contributed by atoms with van der Waals surface area (Å²) in [5.41, 5.74) is 0. The molecule has 108 valence electrons. The van der Waals surface area contributed by atoms with Gasteiger partial charge in [0.2, 0.25) is 10.0 Å². The Balaban J connectivity index is 2.20. The smallest absolute Gasteiger partial charge is 0.241 e. The molecular weight excluding hydrogens is 282 g/mol. The molecule has 4 nitrogen and oxygen atoms in total. The summed E-state index contributed by atoms with van der Waals surface area (Å²) in [5, 5.41) is 9.10. The Morgan fingerprint density at radius 3 is 2.58 bits per heavy atom. The molecule has 1 fully saturated rings. The average molecular weight is 303 g/mol. The van der Waals surface area contributed by atoms with E-state index in [1.165, 1.54) is 11.3 Å². The number of aliphatic hydroxyl groups excluding tert-OH is 1. The van der Waals surface area contributed by atoms with Gasteiger partial charge < -0.3 is 5.11 Å². The van der Waals surface area contributed by atoms with Crippen LogP contribution in [-0.2, 0) is 16.6 Å². The van der Waals surface area contributed by atoms with Crippen molar-refractivity contribution in [3.63, 3.8) is 0 Å². The van der Waals surface area contributed by atoms with Gasteiger partial charge in [0.05, 0.1) is 11.5 Å². The number of thiophene rings is 1. The molecule has 19 heavy (non-hydrogen) atoms. The van der Waals surface area contributed by atoms with Gasteiger partial charge in [-0.1, -0.05) is 13.8 Å². The maximum Gasteiger partial charge on any atom is 0.241 e. The Morgan fingerprint density at radius 1 is 1.42 bits per heavy atom. The zero-order chi connectivity index (χ0) is 14.2. The van der Waals surface area contributed by atoms with E-state index in [4.69, 9.17) is 5.11 Å². The third kappa shape index (κ3) is 3.02. The van der Waals surface area contributed by atoms with Crippen molar-refractivity contribution >= 4 is 21.4 Å². The largest absolute Gasteiger partial charge is 0.391 e. The Labute approximate surface area is 118 Å². The summed E-state index contributed by atoms with van der Waals surface area (Å²) in [6, 6.07) is 1.60. The summed E-state index contributed by atoms with van der Waals surface area (Å²) in [6.07, 6.45) is 1.97. The van der Waals surface area contributed by atoms with Crippen LogP contribution < -0.4 is 4.72 Å². The van der Waals surface area contributed by atoms with Crippen molar-refractivity contribution in [1.82, 2.24) is 4.72 Å². The molecule has 2 rings (SSSR count). The molecular formula is C13H21NO3S2. The first kappa shape index (κ1) is 15.0. The highest BCUT2D eigenvalue weighted by Gasteiger charge is 2.33. The first-order valence-electron chi connectivity index (χ1n) is 6.57. The molecule has 6 heteroatoms. The van der Waals surface area contributed by atoms with E-state index in [1.807, 2.05) is 0 Å². The maximum atomic E-state index is 12.4. The minimum absolute atomic E-state index is 0.0249. The topological polar surface area (TPSA) is 66.4 Å². The predicted octanol–water partition coefficient (Wildman–Crippen LogP) is 2.26. The Morgan fingerprint density at radius 2 is 2.11 bits per heavy atom. The molecule has 0 aromatic carbocycles. The zero-order valence-electron chi connectivity index (χ0n) is 11.5. The molecule has 3 unspecified atom stereocenters. The number of hydrogen-bond acceptors (Lipinski definition) is 4. The van der Waals surface area contributed by atoms with Crippen molar-refractivity contribution in [2.24, 2.45) is 11.8 Å². The van der Waals surface area contributed by atoms with Crippen molar-refractivity contribution in [3.05, 3.63) is 15.8 Å². The van der Waals surface area contributed by atoms with E-state index < -0.39 is 10.0 Å². The van der Waals surface area contributed by atoms with Gasteiger partial charge in [-0.15, -0.1) is 11.3 Å². The fourth-order valence-corrected chi connectivity index (χ4v) is 5.52. The van der Waals surface area contributed by atoms with Crippen LogP contribution in [0, 0.1) is 18.8 Å². The quantitative estimate of drug-likeness (QED) is 0.896. The molecule has 0 amide bonds. The second-order valence-electron chi connectivity index (χ2n) is 5.43. The number of sulfonamides is 1. The number of aryl methyl sites for hydroxylation is 1. The molecule has 3 atom stereocenters. The van der Waals surface area contributed by atoms with Crippen LogP contribution in [-0.4, -0.2) is 19.6 Å². The zero-order valence-corrected chi connectivity index (χ0v) is 13.1. The molecule has 2 N–H and O–H groups in total. The van der Waals surface area contributed by atoms with E-state index in [0.717, 1.165) is 17.7 Å². The highest BCUT2D eigenvalue weighted by atomic mass is 32.2. The van der Waals surface area contributed by atoms with Gasteiger partial charge in [0.1, 0.15) is 0 Å². The van der Waals surface area contributed by atoms with E-state index in [2.05, 4.69) is 18.6 Å². The summed E-state index contributed by atoms with van der Waals surface area (Å²) in [6.45, 7) is 5.93. The lowest BCUT2D eigenvalue weighted by Gasteiger charge is -2.19. The van der Waals surface area contributed by atoms with Gasteiger partial charge in [-0.3, -0.25) is 0 Å². The van der Waals surface area contributed by atoms with Crippen molar-refractivity contribution in [2.45, 2.75) is 51.2 Å². The van der Waals surface area contributed by atoms with E-state index in [9.17, 15) is 8.42 Å². The van der Waals surface area contributed by atoms with Gasteiger partial charge in [-0.2, -0.15) is 0 Å². The monoisotopic (exact) mass is 303 g/mol. The van der Waals surface area contributed by atoms with Crippen molar-refractivity contribution < 1.29 is 13.5 Å². The van der Waals surface area contributed by atoms with Crippen molar-refractivity contribution in [2.75, 3.05) is 0 Å². The molecule has 0 radical (unpaired) electrons. The molecule has 0 saturated heterocycles. The third-order valence-corrected chi connectivity index (χ3v) is 6.92. The summed E-state index contributed by atoms with van der Waals surface area (Å²) in [5.74, 6) is 0.926. The van der Waals surface area contributed by atoms with Gasteiger partial charge in [0, 0.05) is 15.8 Å². The Hall–Kier alpha value is -0.430. The van der Waals surface area contributed by atoms with E-state index in [0.29, 0.717) is 21.6 Å². The standard InChI is InChI=1S/C13H21NO3S2/c1-8-4-5-12(9(8)2)14-19(16,17)13-6-11(7-15)18-10(13)3/h6,8-9,12,14-15H,4-5,7H2,1-3H3. The van der Waals surface area contributed by atoms with Crippen LogP contribution >= 0.6 is 11.3 Å². The van der Waals surface area contributed by atoms with Crippen LogP contribution in [0.3, 0.4) is 0 Å². The SMILES string of the molecule is Cc1sc(CO)cc1S(=O)(=O)NC1CCC(C)C1C. The Bertz CT molecular complexity index is 550. The first-order chi connectivity index (χ1) is 8.85. The minimum atomic E-state index is -3.47. The molecule has 1 aromatic rings. The highest BCUT2D eigenvalue weighted by Crippen LogP contribution is 2.33. The van der Waals surface area contributed by atoms with Crippen LogP contribution in [0.5, 0.6) is 0 Å². The van der Waals surface area contributed by atoms with Crippen molar-refractivity contribution in [3.8, 4) is 0 Å². The number of rotatable bonds is 4.